The average Bonchev–Trinajstić information content (AvgIpc) is 2.78. The van der Waals surface area contributed by atoms with Crippen LogP contribution in [0.25, 0.3) is 0 Å². The number of carbonyl (C=O) groups is 2. The smallest absolute Gasteiger partial charge is 0.243 e. The molecule has 2 atom stereocenters. The van der Waals surface area contributed by atoms with Crippen LogP contribution >= 0.6 is 0 Å². The van der Waals surface area contributed by atoms with Crippen LogP contribution in [-0.2, 0) is 22.6 Å². The fourth-order valence-electron chi connectivity index (χ4n) is 3.60. The van der Waals surface area contributed by atoms with Crippen LogP contribution in [0.5, 0.6) is 0 Å². The van der Waals surface area contributed by atoms with Gasteiger partial charge in [0, 0.05) is 19.0 Å². The van der Waals surface area contributed by atoms with E-state index in [0.29, 0.717) is 31.7 Å². The predicted octanol–water partition coefficient (Wildman–Crippen LogP) is 5.46. The third kappa shape index (κ3) is 7.54. The third-order valence-corrected chi connectivity index (χ3v) is 5.86. The Morgan fingerprint density at radius 3 is 2.06 bits per heavy atom. The zero-order valence-electron chi connectivity index (χ0n) is 19.7. The fourth-order valence-corrected chi connectivity index (χ4v) is 3.60. The first-order valence-electron chi connectivity index (χ1n) is 11.6. The maximum Gasteiger partial charge on any atom is 0.243 e. The van der Waals surface area contributed by atoms with Gasteiger partial charge in [-0.05, 0) is 48.8 Å². The first-order chi connectivity index (χ1) is 14.8. The number of hydrogen-bond donors (Lipinski definition) is 1. The van der Waals surface area contributed by atoms with Gasteiger partial charge < -0.3 is 10.2 Å². The summed E-state index contributed by atoms with van der Waals surface area (Å²) in [6.07, 6.45) is 2.51. The number of aryl methyl sites for hydroxylation is 1. The minimum absolute atomic E-state index is 0.0166. The second-order valence-corrected chi connectivity index (χ2v) is 8.65. The number of hydrogen-bond acceptors (Lipinski definition) is 2. The molecule has 0 saturated heterocycles. The Hall–Kier alpha value is -2.62. The van der Waals surface area contributed by atoms with Gasteiger partial charge in [-0.15, -0.1) is 0 Å². The van der Waals surface area contributed by atoms with Crippen LogP contribution in [0.3, 0.4) is 0 Å². The molecule has 0 saturated carbocycles. The van der Waals surface area contributed by atoms with Gasteiger partial charge >= 0.3 is 0 Å². The highest BCUT2D eigenvalue weighted by atomic mass is 16.2. The van der Waals surface area contributed by atoms with E-state index < -0.39 is 6.04 Å². The number of rotatable bonds is 11. The normalized spacial score (nSPS) is 13.0. The molecule has 0 aliphatic carbocycles. The molecule has 4 nitrogen and oxygen atoms in total. The molecule has 168 valence electrons. The van der Waals surface area contributed by atoms with Gasteiger partial charge in [0.2, 0.25) is 11.8 Å². The van der Waals surface area contributed by atoms with E-state index in [2.05, 4.69) is 43.4 Å². The monoisotopic (exact) mass is 422 g/mol. The molecule has 0 spiro atoms. The zero-order valence-corrected chi connectivity index (χ0v) is 19.7. The van der Waals surface area contributed by atoms with Gasteiger partial charge in [0.05, 0.1) is 0 Å². The number of amides is 2. The van der Waals surface area contributed by atoms with Crippen LogP contribution in [-0.4, -0.2) is 28.8 Å². The molecule has 31 heavy (non-hydrogen) atoms. The van der Waals surface area contributed by atoms with Crippen molar-refractivity contribution in [1.29, 1.82) is 0 Å². The number of carbonyl (C=O) groups excluding carboxylic acids is 2. The first kappa shape index (κ1) is 24.6. The van der Waals surface area contributed by atoms with E-state index in [9.17, 15) is 9.59 Å². The van der Waals surface area contributed by atoms with E-state index in [1.807, 2.05) is 51.1 Å². The summed E-state index contributed by atoms with van der Waals surface area (Å²) in [7, 11) is 0. The summed E-state index contributed by atoms with van der Waals surface area (Å²) in [6, 6.07) is 18.0. The van der Waals surface area contributed by atoms with E-state index in [0.717, 1.165) is 17.5 Å². The Balaban J connectivity index is 2.15. The van der Waals surface area contributed by atoms with Crippen molar-refractivity contribution in [2.75, 3.05) is 0 Å². The van der Waals surface area contributed by atoms with Crippen molar-refractivity contribution < 1.29 is 9.59 Å². The molecule has 0 bridgehead atoms. The summed E-state index contributed by atoms with van der Waals surface area (Å²) in [5, 5.41) is 3.06. The van der Waals surface area contributed by atoms with Gasteiger partial charge in [-0.2, -0.15) is 0 Å². The quantitative estimate of drug-likeness (QED) is 0.522. The van der Waals surface area contributed by atoms with E-state index >= 15 is 0 Å². The average molecular weight is 423 g/mol. The molecule has 0 fully saturated rings. The van der Waals surface area contributed by atoms with Crippen LogP contribution in [0.1, 0.15) is 76.5 Å². The SMILES string of the molecule is CC[C@@H](C)NC(=O)[C@H](CC)N(Cc1ccccc1)C(=O)CCc1ccc(C(C)C)cc1. The van der Waals surface area contributed by atoms with Crippen LogP contribution in [0.4, 0.5) is 0 Å². The Kier molecular flexibility index (Phi) is 9.77. The molecular weight excluding hydrogens is 384 g/mol. The molecule has 2 aromatic carbocycles. The summed E-state index contributed by atoms with van der Waals surface area (Å²) >= 11 is 0. The molecule has 2 amide bonds. The van der Waals surface area contributed by atoms with Crippen LogP contribution in [0.2, 0.25) is 0 Å². The number of nitrogens with zero attached hydrogens (tertiary/aromatic N) is 1. The van der Waals surface area contributed by atoms with Crippen LogP contribution < -0.4 is 5.32 Å². The lowest BCUT2D eigenvalue weighted by atomic mass is 10.00. The zero-order chi connectivity index (χ0) is 22.8. The van der Waals surface area contributed by atoms with Crippen molar-refractivity contribution >= 4 is 11.8 Å². The third-order valence-electron chi connectivity index (χ3n) is 5.86. The van der Waals surface area contributed by atoms with Gasteiger partial charge in [0.15, 0.2) is 0 Å². The highest BCUT2D eigenvalue weighted by Gasteiger charge is 2.28. The molecular formula is C27H38N2O2. The van der Waals surface area contributed by atoms with Crippen molar-refractivity contribution in [3.8, 4) is 0 Å². The van der Waals surface area contributed by atoms with Crippen molar-refractivity contribution in [2.45, 2.75) is 84.8 Å². The largest absolute Gasteiger partial charge is 0.352 e. The molecule has 0 unspecified atom stereocenters. The first-order valence-corrected chi connectivity index (χ1v) is 11.6. The molecule has 4 heteroatoms. The molecule has 0 radical (unpaired) electrons. The van der Waals surface area contributed by atoms with Gasteiger partial charge in [0.25, 0.3) is 0 Å². The van der Waals surface area contributed by atoms with Crippen LogP contribution in [0, 0.1) is 0 Å². The second kappa shape index (κ2) is 12.3. The molecule has 0 aliphatic heterocycles. The Labute approximate surface area is 188 Å². The molecule has 0 heterocycles. The minimum atomic E-state index is -0.468. The highest BCUT2D eigenvalue weighted by Crippen LogP contribution is 2.18. The minimum Gasteiger partial charge on any atom is -0.352 e. The Morgan fingerprint density at radius 1 is 0.871 bits per heavy atom. The van der Waals surface area contributed by atoms with E-state index in [4.69, 9.17) is 0 Å². The van der Waals surface area contributed by atoms with Gasteiger partial charge in [-0.25, -0.2) is 0 Å². The predicted molar refractivity (Wildman–Crippen MR) is 128 cm³/mol. The van der Waals surface area contributed by atoms with E-state index in [1.54, 1.807) is 4.90 Å². The molecule has 2 aromatic rings. The standard InChI is InChI=1S/C27H38N2O2/c1-6-21(5)28-27(31)25(7-2)29(19-23-11-9-8-10-12-23)26(30)18-15-22-13-16-24(17-14-22)20(3)4/h8-14,16-17,20-21,25H,6-7,15,18-19H2,1-5H3,(H,28,31)/t21-,25+/m1/s1. The maximum absolute atomic E-state index is 13.3. The van der Waals surface area contributed by atoms with Crippen molar-refractivity contribution in [3.05, 3.63) is 71.3 Å². The molecule has 1 N–H and O–H groups in total. The summed E-state index contributed by atoms with van der Waals surface area (Å²) in [5.41, 5.74) is 3.48. The fraction of sp³-hybridized carbons (Fsp3) is 0.481. The summed E-state index contributed by atoms with van der Waals surface area (Å²) in [4.78, 5) is 28.0. The molecule has 2 rings (SSSR count). The lowest BCUT2D eigenvalue weighted by Gasteiger charge is -2.31. The van der Waals surface area contributed by atoms with Crippen molar-refractivity contribution in [3.63, 3.8) is 0 Å². The molecule has 0 aromatic heterocycles. The second-order valence-electron chi connectivity index (χ2n) is 8.65. The molecule has 0 aliphatic rings. The summed E-state index contributed by atoms with van der Waals surface area (Å²) in [6.45, 7) is 10.8. The van der Waals surface area contributed by atoms with Gasteiger partial charge in [-0.3, -0.25) is 9.59 Å². The van der Waals surface area contributed by atoms with Crippen molar-refractivity contribution in [2.24, 2.45) is 0 Å². The topological polar surface area (TPSA) is 49.4 Å². The van der Waals surface area contributed by atoms with Gasteiger partial charge in [0.1, 0.15) is 6.04 Å². The van der Waals surface area contributed by atoms with Crippen LogP contribution in [0.15, 0.2) is 54.6 Å². The highest BCUT2D eigenvalue weighted by molar-refractivity contribution is 5.87. The number of nitrogens with one attached hydrogen (secondary N) is 1. The number of benzene rings is 2. The Morgan fingerprint density at radius 2 is 1.52 bits per heavy atom. The summed E-state index contributed by atoms with van der Waals surface area (Å²) < 4.78 is 0. The summed E-state index contributed by atoms with van der Waals surface area (Å²) in [5.74, 6) is 0.441. The van der Waals surface area contributed by atoms with E-state index in [-0.39, 0.29) is 17.9 Å². The maximum atomic E-state index is 13.3. The van der Waals surface area contributed by atoms with Gasteiger partial charge in [-0.1, -0.05) is 82.3 Å². The Bertz CT molecular complexity index is 815. The van der Waals surface area contributed by atoms with Crippen molar-refractivity contribution in [1.82, 2.24) is 10.2 Å². The van der Waals surface area contributed by atoms with E-state index in [1.165, 1.54) is 5.56 Å². The lowest BCUT2D eigenvalue weighted by Crippen LogP contribution is -2.50. The lowest BCUT2D eigenvalue weighted by molar-refractivity contribution is -0.141.